The highest BCUT2D eigenvalue weighted by Gasteiger charge is 2.20. The van der Waals surface area contributed by atoms with Crippen molar-refractivity contribution in [2.45, 2.75) is 25.9 Å². The lowest BCUT2D eigenvalue weighted by molar-refractivity contribution is 0.510. The molecule has 1 unspecified atom stereocenters. The molecule has 3 nitrogen and oxygen atoms in total. The normalized spacial score (nSPS) is 24.5. The largest absolute Gasteiger partial charge is 0.369 e. The van der Waals surface area contributed by atoms with Gasteiger partial charge in [0.2, 0.25) is 0 Å². The zero-order valence-corrected chi connectivity index (χ0v) is 10.5. The van der Waals surface area contributed by atoms with Gasteiger partial charge in [0, 0.05) is 44.5 Å². The summed E-state index contributed by atoms with van der Waals surface area (Å²) in [7, 11) is 0. The fourth-order valence-electron chi connectivity index (χ4n) is 2.89. The maximum absolute atomic E-state index is 3.54. The molecule has 0 aliphatic carbocycles. The Morgan fingerprint density at radius 3 is 2.88 bits per heavy atom. The second kappa shape index (κ2) is 4.67. The average molecular weight is 231 g/mol. The van der Waals surface area contributed by atoms with Crippen LogP contribution in [0.3, 0.4) is 0 Å². The molecule has 2 aliphatic rings. The first-order chi connectivity index (χ1) is 8.34. The van der Waals surface area contributed by atoms with Gasteiger partial charge in [0.05, 0.1) is 0 Å². The molecule has 17 heavy (non-hydrogen) atoms. The minimum Gasteiger partial charge on any atom is -0.369 e. The summed E-state index contributed by atoms with van der Waals surface area (Å²) in [5.74, 6) is 0. The maximum Gasteiger partial charge on any atom is 0.0403 e. The van der Waals surface area contributed by atoms with Crippen molar-refractivity contribution < 1.29 is 0 Å². The fourth-order valence-corrected chi connectivity index (χ4v) is 2.89. The minimum absolute atomic E-state index is 0.603. The third kappa shape index (κ3) is 2.17. The van der Waals surface area contributed by atoms with Crippen LogP contribution in [0.25, 0.3) is 0 Å². The van der Waals surface area contributed by atoms with Crippen molar-refractivity contribution in [3.63, 3.8) is 0 Å². The molecule has 0 bridgehead atoms. The van der Waals surface area contributed by atoms with E-state index in [-0.39, 0.29) is 0 Å². The summed E-state index contributed by atoms with van der Waals surface area (Å²) in [6.45, 7) is 7.79. The van der Waals surface area contributed by atoms with E-state index < -0.39 is 0 Å². The topological polar surface area (TPSA) is 27.3 Å². The van der Waals surface area contributed by atoms with Crippen molar-refractivity contribution in [2.24, 2.45) is 0 Å². The van der Waals surface area contributed by atoms with Crippen molar-refractivity contribution in [3.8, 4) is 0 Å². The summed E-state index contributed by atoms with van der Waals surface area (Å²) in [5, 5.41) is 6.96. The van der Waals surface area contributed by atoms with Crippen molar-refractivity contribution in [3.05, 3.63) is 29.3 Å². The second-order valence-electron chi connectivity index (χ2n) is 5.14. The van der Waals surface area contributed by atoms with Gasteiger partial charge < -0.3 is 15.5 Å². The first-order valence-electron chi connectivity index (χ1n) is 6.64. The Morgan fingerprint density at radius 1 is 1.24 bits per heavy atom. The third-order valence-electron chi connectivity index (χ3n) is 3.86. The van der Waals surface area contributed by atoms with Crippen LogP contribution in [-0.4, -0.2) is 32.2 Å². The van der Waals surface area contributed by atoms with Crippen LogP contribution in [0.15, 0.2) is 18.2 Å². The molecule has 1 saturated heterocycles. The molecule has 1 aromatic carbocycles. The summed E-state index contributed by atoms with van der Waals surface area (Å²) >= 11 is 0. The molecule has 0 radical (unpaired) electrons. The van der Waals surface area contributed by atoms with E-state index in [4.69, 9.17) is 0 Å². The van der Waals surface area contributed by atoms with Gasteiger partial charge >= 0.3 is 0 Å². The Bertz CT molecular complexity index is 396. The van der Waals surface area contributed by atoms with Gasteiger partial charge in [-0.25, -0.2) is 0 Å². The molecule has 0 aromatic heterocycles. The van der Waals surface area contributed by atoms with Gasteiger partial charge in [-0.2, -0.15) is 0 Å². The van der Waals surface area contributed by atoms with Gasteiger partial charge in [0.15, 0.2) is 0 Å². The van der Waals surface area contributed by atoms with Crippen LogP contribution in [0.4, 0.5) is 5.69 Å². The van der Waals surface area contributed by atoms with E-state index in [1.54, 1.807) is 5.56 Å². The van der Waals surface area contributed by atoms with Crippen molar-refractivity contribution in [2.75, 3.05) is 31.1 Å². The van der Waals surface area contributed by atoms with Crippen molar-refractivity contribution >= 4 is 5.69 Å². The Morgan fingerprint density at radius 2 is 2.06 bits per heavy atom. The quantitative estimate of drug-likeness (QED) is 0.759. The smallest absolute Gasteiger partial charge is 0.0403 e. The van der Waals surface area contributed by atoms with Crippen LogP contribution < -0.4 is 15.5 Å². The summed E-state index contributed by atoms with van der Waals surface area (Å²) < 4.78 is 0. The lowest BCUT2D eigenvalue weighted by Gasteiger charge is -2.34. The van der Waals surface area contributed by atoms with Crippen LogP contribution in [0.2, 0.25) is 0 Å². The molecule has 2 heterocycles. The van der Waals surface area contributed by atoms with Crippen LogP contribution >= 0.6 is 0 Å². The predicted molar refractivity (Wildman–Crippen MR) is 71.5 cm³/mol. The van der Waals surface area contributed by atoms with Gasteiger partial charge in [-0.1, -0.05) is 12.1 Å². The van der Waals surface area contributed by atoms with Crippen LogP contribution in [-0.2, 0) is 13.0 Å². The molecular weight excluding hydrogens is 210 g/mol. The van der Waals surface area contributed by atoms with Gasteiger partial charge in [0.25, 0.3) is 0 Å². The highest BCUT2D eigenvalue weighted by Crippen LogP contribution is 2.28. The van der Waals surface area contributed by atoms with Crippen molar-refractivity contribution in [1.82, 2.24) is 10.6 Å². The Kier molecular flexibility index (Phi) is 3.04. The standard InChI is InChI=1S/C14H21N3/c1-11-9-13-12(10-16-11)3-2-4-14(13)17-7-5-15-6-8-17/h2-4,11,15-16H,5-10H2,1H3. The predicted octanol–water partition coefficient (Wildman–Crippen LogP) is 1.13. The molecule has 1 fully saturated rings. The molecule has 0 amide bonds. The highest BCUT2D eigenvalue weighted by atomic mass is 15.2. The van der Waals surface area contributed by atoms with Gasteiger partial charge in [-0.3, -0.25) is 0 Å². The van der Waals surface area contributed by atoms with E-state index in [1.807, 2.05) is 0 Å². The molecule has 3 rings (SSSR count). The van der Waals surface area contributed by atoms with Gasteiger partial charge in [-0.15, -0.1) is 0 Å². The third-order valence-corrected chi connectivity index (χ3v) is 3.86. The van der Waals surface area contributed by atoms with E-state index in [0.29, 0.717) is 6.04 Å². The molecule has 1 aromatic rings. The second-order valence-corrected chi connectivity index (χ2v) is 5.14. The minimum atomic E-state index is 0.603. The zero-order valence-electron chi connectivity index (χ0n) is 10.5. The number of nitrogens with zero attached hydrogens (tertiary/aromatic N) is 1. The molecule has 1 atom stereocenters. The van der Waals surface area contributed by atoms with E-state index in [1.165, 1.54) is 11.3 Å². The SMILES string of the molecule is CC1Cc2c(cccc2N2CCNCC2)CN1. The number of rotatable bonds is 1. The fraction of sp³-hybridized carbons (Fsp3) is 0.571. The number of hydrogen-bond acceptors (Lipinski definition) is 3. The van der Waals surface area contributed by atoms with Crippen LogP contribution in [0, 0.1) is 0 Å². The summed E-state index contributed by atoms with van der Waals surface area (Å²) in [4.78, 5) is 2.54. The number of piperazine rings is 1. The maximum atomic E-state index is 3.54. The lowest BCUT2D eigenvalue weighted by Crippen LogP contribution is -2.44. The first-order valence-corrected chi connectivity index (χ1v) is 6.64. The van der Waals surface area contributed by atoms with Crippen molar-refractivity contribution in [1.29, 1.82) is 0 Å². The van der Waals surface area contributed by atoms with E-state index in [9.17, 15) is 0 Å². The zero-order chi connectivity index (χ0) is 11.7. The molecular formula is C14H21N3. The lowest BCUT2D eigenvalue weighted by atomic mass is 9.94. The number of benzene rings is 1. The molecule has 2 N–H and O–H groups in total. The monoisotopic (exact) mass is 231 g/mol. The summed E-state index contributed by atoms with van der Waals surface area (Å²) in [6, 6.07) is 7.36. The average Bonchev–Trinajstić information content (AvgIpc) is 2.39. The molecule has 92 valence electrons. The summed E-state index contributed by atoms with van der Waals surface area (Å²) in [5.41, 5.74) is 4.53. The molecule has 2 aliphatic heterocycles. The van der Waals surface area contributed by atoms with Crippen LogP contribution in [0.1, 0.15) is 18.1 Å². The number of anilines is 1. The number of fused-ring (bicyclic) bond motifs is 1. The van der Waals surface area contributed by atoms with E-state index in [2.05, 4.69) is 40.7 Å². The number of hydrogen-bond donors (Lipinski definition) is 2. The number of nitrogens with one attached hydrogen (secondary N) is 2. The highest BCUT2D eigenvalue weighted by molar-refractivity contribution is 5.58. The van der Waals surface area contributed by atoms with E-state index >= 15 is 0 Å². The van der Waals surface area contributed by atoms with Gasteiger partial charge in [-0.05, 0) is 30.5 Å². The Labute approximate surface area is 103 Å². The molecule has 0 spiro atoms. The molecule has 3 heteroatoms. The Hall–Kier alpha value is -1.06. The van der Waals surface area contributed by atoms with Gasteiger partial charge in [0.1, 0.15) is 0 Å². The van der Waals surface area contributed by atoms with E-state index in [0.717, 1.165) is 39.1 Å². The molecule has 0 saturated carbocycles. The first kappa shape index (κ1) is 11.1. The van der Waals surface area contributed by atoms with Crippen LogP contribution in [0.5, 0.6) is 0 Å². The summed E-state index contributed by atoms with van der Waals surface area (Å²) in [6.07, 6.45) is 1.16. The Balaban J connectivity index is 1.93.